The average molecular weight is 1390 g/mol. The predicted octanol–water partition coefficient (Wildman–Crippen LogP) is 27.2. The first-order valence-electron chi connectivity index (χ1n) is 38.8. The Morgan fingerprint density at radius 3 is 1.12 bits per heavy atom. The van der Waals surface area contributed by atoms with Gasteiger partial charge >= 0.3 is 0 Å². The van der Waals surface area contributed by atoms with Crippen LogP contribution in [0.15, 0.2) is 158 Å². The van der Waals surface area contributed by atoms with E-state index in [1.54, 1.807) is 14.2 Å². The Labute approximate surface area is 627 Å². The van der Waals surface area contributed by atoms with Crippen LogP contribution in [-0.4, -0.2) is 47.0 Å². The van der Waals surface area contributed by atoms with Crippen LogP contribution in [0.3, 0.4) is 0 Å². The molecule has 0 atom stereocenters. The normalized spacial score (nSPS) is 11.7. The summed E-state index contributed by atoms with van der Waals surface area (Å²) in [5.41, 5.74) is 22.3. The maximum atomic E-state index is 9.83. The van der Waals surface area contributed by atoms with Gasteiger partial charge in [0.1, 0.15) is 17.2 Å². The number of methoxy groups -OCH3 is 2. The van der Waals surface area contributed by atoms with Crippen LogP contribution in [0.4, 0.5) is 11.4 Å². The fourth-order valence-electron chi connectivity index (χ4n) is 12.6. The monoisotopic (exact) mass is 1390 g/mol. The number of anilines is 2. The van der Waals surface area contributed by atoms with Crippen LogP contribution in [0.5, 0.6) is 17.2 Å². The van der Waals surface area contributed by atoms with Gasteiger partial charge in [-0.1, -0.05) is 275 Å². The molecule has 0 unspecified atom stereocenters. The van der Waals surface area contributed by atoms with Crippen LogP contribution in [-0.2, 0) is 0 Å². The van der Waals surface area contributed by atoms with E-state index in [4.69, 9.17) is 20.8 Å². The highest BCUT2D eigenvalue weighted by Crippen LogP contribution is 2.34. The van der Waals surface area contributed by atoms with E-state index in [0.29, 0.717) is 17.9 Å². The third-order valence-electron chi connectivity index (χ3n) is 19.3. The van der Waals surface area contributed by atoms with Crippen LogP contribution in [0.25, 0.3) is 76.9 Å². The van der Waals surface area contributed by atoms with Crippen molar-refractivity contribution in [1.82, 2.24) is 0 Å². The summed E-state index contributed by atoms with van der Waals surface area (Å²) in [6, 6.07) is 57.4. The zero-order chi connectivity index (χ0) is 74.3. The highest BCUT2D eigenvalue weighted by molar-refractivity contribution is 5.91. The molecule has 0 aliphatic rings. The van der Waals surface area contributed by atoms with E-state index in [1.807, 2.05) is 67.6 Å². The van der Waals surface area contributed by atoms with Crippen molar-refractivity contribution in [3.8, 4) is 23.3 Å². The maximum Gasteiger partial charge on any atom is 0.194 e. The van der Waals surface area contributed by atoms with Gasteiger partial charge in [-0.15, -0.1) is 0 Å². The van der Waals surface area contributed by atoms with Gasteiger partial charge in [0.2, 0.25) is 0 Å². The number of nitriles is 1. The van der Waals surface area contributed by atoms with Crippen LogP contribution in [0.2, 0.25) is 0 Å². The third-order valence-corrected chi connectivity index (χ3v) is 19.3. The van der Waals surface area contributed by atoms with E-state index in [0.717, 1.165) is 105 Å². The number of unbranched alkanes of at least 4 members (excludes halogenated alkanes) is 13. The molecule has 0 saturated carbocycles. The summed E-state index contributed by atoms with van der Waals surface area (Å²) in [5, 5.41) is 9.83. The standard InChI is InChI=1S/C64H83NO3.C33H35N3/c1-10-13-16-17-18-19-20-21-22-23-42-68-64-48-57(34-36-59-44-50(5)55(46-63(59)67-9)32-28-53-26-24-49(4)25-27-53)52(7)45-60(64)37-35-56-47-62(66-8)58(43-51(56)6)33-29-54-30-38-61(39-31-54)65(40-14-11-2)41-15-12-3;1-5-7-21-36(22-8-6-2)32-19-13-27(14-20-32)23-31(25-34)29-15-17-30(18-16-29)33(35-4)24-28-11-9-26(3)10-12-28/h24-39,43-48H,10-23,40-42H2,1-9H3;9-20,23-24H,5-8,21-22H2,1-3H3/b32-28+,33-29+,36-34+,37-35+;31-23+,33-24-. The largest absolute Gasteiger partial charge is 0.496 e. The molecule has 0 radical (unpaired) electrons. The molecule has 0 aliphatic heterocycles. The maximum absolute atomic E-state index is 9.83. The molecule has 8 aromatic rings. The van der Waals surface area contributed by atoms with E-state index >= 15 is 0 Å². The lowest BCUT2D eigenvalue weighted by atomic mass is 9.98. The molecular formula is C97H118N4O3. The van der Waals surface area contributed by atoms with Crippen molar-refractivity contribution < 1.29 is 14.2 Å². The molecule has 0 aromatic heterocycles. The van der Waals surface area contributed by atoms with Gasteiger partial charge in [-0.25, -0.2) is 4.85 Å². The molecule has 0 N–H and O–H groups in total. The molecule has 7 nitrogen and oxygen atoms in total. The van der Waals surface area contributed by atoms with Gasteiger partial charge in [0.25, 0.3) is 0 Å². The van der Waals surface area contributed by atoms with Crippen LogP contribution in [0, 0.1) is 52.5 Å². The van der Waals surface area contributed by atoms with E-state index in [1.165, 1.54) is 159 Å². The van der Waals surface area contributed by atoms with Crippen molar-refractivity contribution in [3.05, 3.63) is 264 Å². The number of rotatable bonds is 40. The summed E-state index contributed by atoms with van der Waals surface area (Å²) in [4.78, 5) is 8.72. The molecule has 0 bridgehead atoms. The lowest BCUT2D eigenvalue weighted by molar-refractivity contribution is 0.303. The fraction of sp³-hybridized carbons (Fsp3) is 0.361. The van der Waals surface area contributed by atoms with Crippen molar-refractivity contribution in [2.75, 3.05) is 56.8 Å². The van der Waals surface area contributed by atoms with Gasteiger partial charge in [0.05, 0.1) is 39.0 Å². The molecule has 0 spiro atoms. The Bertz CT molecular complexity index is 4150. The Balaban J connectivity index is 0.000000352. The Morgan fingerprint density at radius 1 is 0.375 bits per heavy atom. The van der Waals surface area contributed by atoms with Gasteiger partial charge in [-0.05, 0) is 206 Å². The molecule has 0 aliphatic carbocycles. The van der Waals surface area contributed by atoms with E-state index in [-0.39, 0.29) is 0 Å². The smallest absolute Gasteiger partial charge is 0.194 e. The summed E-state index contributed by atoms with van der Waals surface area (Å²) in [6.45, 7) is 34.6. The number of allylic oxidation sites excluding steroid dienone is 1. The van der Waals surface area contributed by atoms with Crippen LogP contribution in [0.1, 0.15) is 245 Å². The molecule has 104 heavy (non-hydrogen) atoms. The number of aryl methyl sites for hydroxylation is 5. The van der Waals surface area contributed by atoms with E-state index in [9.17, 15) is 5.26 Å². The summed E-state index contributed by atoms with van der Waals surface area (Å²) in [6.07, 6.45) is 43.8. The SMILES string of the molecule is CCCCCCCCCCCCOc1cc(/C=C/c2cc(C)c(/C=C/c3ccc(C)cc3)cc2OC)c(C)cc1/C=C/c1cc(OC)c(/C=C/c2ccc(N(CCCC)CCCC)cc2)cc1C.[C-]#[N+]/C(=C\c1ccc(C)cc1)c1ccc(/C(C#N)=C/c2ccc(N(CCCC)CCCC)cc2)cc1. The Hall–Kier alpha value is -9.82. The molecule has 0 saturated heterocycles. The van der Waals surface area contributed by atoms with Crippen molar-refractivity contribution in [1.29, 1.82) is 5.26 Å². The second-order valence-corrected chi connectivity index (χ2v) is 27.8. The highest BCUT2D eigenvalue weighted by atomic mass is 16.5. The topological polar surface area (TPSA) is 62.3 Å². The number of ether oxygens (including phenoxy) is 3. The van der Waals surface area contributed by atoms with Gasteiger partial charge in [-0.3, -0.25) is 0 Å². The first-order chi connectivity index (χ1) is 50.7. The molecular weight excluding hydrogens is 1270 g/mol. The Kier molecular flexibility index (Phi) is 35.5. The zero-order valence-corrected chi connectivity index (χ0v) is 65.1. The third kappa shape index (κ3) is 26.8. The minimum atomic E-state index is 0.583. The number of nitrogens with zero attached hydrogens (tertiary/aromatic N) is 4. The molecule has 8 rings (SSSR count). The number of hydrogen-bond acceptors (Lipinski definition) is 6. The summed E-state index contributed by atoms with van der Waals surface area (Å²) in [7, 11) is 3.51. The summed E-state index contributed by atoms with van der Waals surface area (Å²) < 4.78 is 18.6. The van der Waals surface area contributed by atoms with Crippen molar-refractivity contribution >= 4 is 83.4 Å². The molecule has 7 heteroatoms. The van der Waals surface area contributed by atoms with Crippen molar-refractivity contribution in [2.24, 2.45) is 0 Å². The van der Waals surface area contributed by atoms with Gasteiger partial charge < -0.3 is 24.0 Å². The zero-order valence-electron chi connectivity index (χ0n) is 65.1. The molecule has 8 aromatic carbocycles. The van der Waals surface area contributed by atoms with E-state index in [2.05, 4.69) is 241 Å². The first-order valence-corrected chi connectivity index (χ1v) is 38.8. The summed E-state index contributed by atoms with van der Waals surface area (Å²) >= 11 is 0. The van der Waals surface area contributed by atoms with Crippen molar-refractivity contribution in [2.45, 2.75) is 185 Å². The summed E-state index contributed by atoms with van der Waals surface area (Å²) in [5.74, 6) is 2.60. The highest BCUT2D eigenvalue weighted by Gasteiger charge is 2.14. The first kappa shape index (κ1) is 81.5. The quantitative estimate of drug-likeness (QED) is 0.0165. The van der Waals surface area contributed by atoms with E-state index < -0.39 is 0 Å². The lowest BCUT2D eigenvalue weighted by Gasteiger charge is -2.24. The van der Waals surface area contributed by atoms with Crippen LogP contribution >= 0.6 is 0 Å². The molecule has 0 fully saturated rings. The minimum Gasteiger partial charge on any atom is -0.496 e. The van der Waals surface area contributed by atoms with Gasteiger partial charge in [0.15, 0.2) is 5.70 Å². The molecule has 544 valence electrons. The van der Waals surface area contributed by atoms with Crippen LogP contribution < -0.4 is 24.0 Å². The van der Waals surface area contributed by atoms with Gasteiger partial charge in [-0.2, -0.15) is 5.26 Å². The Morgan fingerprint density at radius 2 is 0.712 bits per heavy atom. The number of hydrogen-bond donors (Lipinski definition) is 0. The molecule has 0 amide bonds. The van der Waals surface area contributed by atoms with Crippen molar-refractivity contribution in [3.63, 3.8) is 0 Å². The fourth-order valence-corrected chi connectivity index (χ4v) is 12.6. The second-order valence-electron chi connectivity index (χ2n) is 27.8. The lowest BCUT2D eigenvalue weighted by Crippen LogP contribution is -2.25. The minimum absolute atomic E-state index is 0.583. The molecule has 0 heterocycles. The average Bonchev–Trinajstić information content (AvgIpc) is 0.834. The van der Waals surface area contributed by atoms with Gasteiger partial charge in [0, 0.05) is 54.2 Å². The second kappa shape index (κ2) is 45.3. The number of benzene rings is 8. The predicted molar refractivity (Wildman–Crippen MR) is 453 cm³/mol.